The molecular weight excluding hydrogens is 516 g/mol. The zero-order valence-corrected chi connectivity index (χ0v) is 19.0. The van der Waals surface area contributed by atoms with Crippen molar-refractivity contribution in [1.29, 1.82) is 0 Å². The zero-order valence-electron chi connectivity index (χ0n) is 15.8. The van der Waals surface area contributed by atoms with E-state index in [0.29, 0.717) is 16.8 Å². The van der Waals surface area contributed by atoms with Crippen molar-refractivity contribution < 1.29 is 9.47 Å². The molecular formula is C21H18Br2N4O3. The third kappa shape index (κ3) is 5.03. The second-order valence-corrected chi connectivity index (χ2v) is 8.48. The van der Waals surface area contributed by atoms with Crippen LogP contribution in [0.1, 0.15) is 19.3 Å². The van der Waals surface area contributed by atoms with Gasteiger partial charge in [0.05, 0.1) is 34.7 Å². The van der Waals surface area contributed by atoms with Crippen LogP contribution in [0.3, 0.4) is 0 Å². The molecule has 7 nitrogen and oxygen atoms in total. The van der Waals surface area contributed by atoms with E-state index >= 15 is 0 Å². The smallest absolute Gasteiger partial charge is 0.258 e. The molecule has 0 saturated carbocycles. The molecule has 9 heteroatoms. The van der Waals surface area contributed by atoms with E-state index in [1.54, 1.807) is 6.07 Å². The molecule has 0 amide bonds. The Morgan fingerprint density at radius 2 is 1.70 bits per heavy atom. The largest absolute Gasteiger partial charge is 0.447 e. The van der Waals surface area contributed by atoms with E-state index in [-0.39, 0.29) is 11.8 Å². The van der Waals surface area contributed by atoms with Gasteiger partial charge in [0, 0.05) is 15.4 Å². The van der Waals surface area contributed by atoms with Gasteiger partial charge in [0.15, 0.2) is 0 Å². The van der Waals surface area contributed by atoms with Crippen LogP contribution in [0.15, 0.2) is 62.8 Å². The molecule has 0 bridgehead atoms. The Kier molecular flexibility index (Phi) is 6.71. The average Bonchev–Trinajstić information content (AvgIpc) is 2.75. The lowest BCUT2D eigenvalue weighted by Gasteiger charge is -2.23. The minimum Gasteiger partial charge on any atom is -0.447 e. The number of aromatic nitrogens is 4. The van der Waals surface area contributed by atoms with Crippen molar-refractivity contribution in [2.24, 2.45) is 0 Å². The van der Waals surface area contributed by atoms with E-state index in [1.165, 1.54) is 12.7 Å². The molecule has 5 rings (SSSR count). The lowest BCUT2D eigenvalue weighted by Crippen LogP contribution is -2.25. The van der Waals surface area contributed by atoms with Crippen LogP contribution in [0.25, 0.3) is 21.8 Å². The second kappa shape index (κ2) is 9.63. The van der Waals surface area contributed by atoms with Gasteiger partial charge in [-0.2, -0.15) is 0 Å². The fourth-order valence-corrected chi connectivity index (χ4v) is 3.77. The highest BCUT2D eigenvalue weighted by atomic mass is 79.9. The number of halogens is 2. The Balaban J connectivity index is 0.000000158. The number of hydrogen-bond acceptors (Lipinski definition) is 6. The molecule has 154 valence electrons. The number of nitrogens with one attached hydrogen (secondary N) is 1. The molecule has 4 aromatic rings. The molecule has 0 aliphatic carbocycles. The zero-order chi connectivity index (χ0) is 20.9. The Morgan fingerprint density at radius 3 is 2.43 bits per heavy atom. The molecule has 1 aliphatic rings. The molecule has 1 saturated heterocycles. The second-order valence-electron chi connectivity index (χ2n) is 6.65. The summed E-state index contributed by atoms with van der Waals surface area (Å²) in [5, 5.41) is 1.52. The summed E-state index contributed by atoms with van der Waals surface area (Å²) < 4.78 is 13.3. The van der Waals surface area contributed by atoms with Crippen LogP contribution >= 0.6 is 31.9 Å². The highest BCUT2D eigenvalue weighted by molar-refractivity contribution is 9.10. The maximum Gasteiger partial charge on any atom is 0.258 e. The van der Waals surface area contributed by atoms with Gasteiger partial charge in [-0.3, -0.25) is 4.79 Å². The standard InChI is InChI=1S/C13H13BrN2O2.C8H5BrN2O/c14-9-4-5-10-11(7-9)15-8-16-13(10)18-12-3-1-2-6-17-12;9-5-1-2-6-7(3-5)10-4-11-8(6)12/h4-5,7-8,12H,1-3,6H2;1-4H,(H,10,11,12). The fraction of sp³-hybridized carbons (Fsp3) is 0.238. The van der Waals surface area contributed by atoms with Crippen molar-refractivity contribution in [3.8, 4) is 5.88 Å². The van der Waals surface area contributed by atoms with Gasteiger partial charge in [0.1, 0.15) is 6.33 Å². The first-order valence-electron chi connectivity index (χ1n) is 9.41. The van der Waals surface area contributed by atoms with E-state index in [2.05, 4.69) is 51.8 Å². The summed E-state index contributed by atoms with van der Waals surface area (Å²) in [7, 11) is 0. The number of rotatable bonds is 2. The van der Waals surface area contributed by atoms with Crippen molar-refractivity contribution in [1.82, 2.24) is 19.9 Å². The number of ether oxygens (including phenoxy) is 2. The van der Waals surface area contributed by atoms with E-state index in [4.69, 9.17) is 9.47 Å². The van der Waals surface area contributed by atoms with Gasteiger partial charge >= 0.3 is 0 Å². The summed E-state index contributed by atoms with van der Waals surface area (Å²) >= 11 is 6.73. The van der Waals surface area contributed by atoms with Gasteiger partial charge in [-0.1, -0.05) is 31.9 Å². The topological polar surface area (TPSA) is 90.0 Å². The molecule has 0 spiro atoms. The molecule has 1 N–H and O–H groups in total. The summed E-state index contributed by atoms with van der Waals surface area (Å²) in [5.41, 5.74) is 1.46. The summed E-state index contributed by atoms with van der Waals surface area (Å²) in [4.78, 5) is 26.1. The first-order valence-corrected chi connectivity index (χ1v) is 11.0. The number of nitrogens with zero attached hydrogens (tertiary/aromatic N) is 3. The van der Waals surface area contributed by atoms with Crippen LogP contribution in [-0.4, -0.2) is 32.8 Å². The van der Waals surface area contributed by atoms with E-state index in [9.17, 15) is 4.79 Å². The lowest BCUT2D eigenvalue weighted by molar-refractivity contribution is -0.107. The number of aromatic amines is 1. The minimum absolute atomic E-state index is 0.104. The molecule has 2 aromatic heterocycles. The van der Waals surface area contributed by atoms with Crippen molar-refractivity contribution in [3.05, 3.63) is 68.4 Å². The quantitative estimate of drug-likeness (QED) is 0.390. The predicted octanol–water partition coefficient (Wildman–Crippen LogP) is 4.98. The van der Waals surface area contributed by atoms with E-state index in [1.807, 2.05) is 30.3 Å². The maximum absolute atomic E-state index is 11.2. The van der Waals surface area contributed by atoms with Gasteiger partial charge in [-0.25, -0.2) is 15.0 Å². The summed E-state index contributed by atoms with van der Waals surface area (Å²) in [6, 6.07) is 11.2. The monoisotopic (exact) mass is 532 g/mol. The van der Waals surface area contributed by atoms with Crippen LogP contribution in [0.5, 0.6) is 5.88 Å². The van der Waals surface area contributed by atoms with Crippen LogP contribution in [0.4, 0.5) is 0 Å². The highest BCUT2D eigenvalue weighted by Crippen LogP contribution is 2.26. The molecule has 1 unspecified atom stereocenters. The molecule has 3 heterocycles. The van der Waals surface area contributed by atoms with Crippen LogP contribution in [0.2, 0.25) is 0 Å². The van der Waals surface area contributed by atoms with Gasteiger partial charge in [-0.05, 0) is 49.2 Å². The fourth-order valence-electron chi connectivity index (χ4n) is 3.07. The van der Waals surface area contributed by atoms with Crippen LogP contribution in [0, 0.1) is 0 Å². The predicted molar refractivity (Wildman–Crippen MR) is 122 cm³/mol. The molecule has 1 atom stereocenters. The van der Waals surface area contributed by atoms with E-state index < -0.39 is 0 Å². The average molecular weight is 534 g/mol. The molecule has 0 radical (unpaired) electrons. The first kappa shape index (κ1) is 20.9. The SMILES string of the molecule is Brc1ccc2c(OC3CCCCO3)ncnc2c1.O=c1[nH]cnc2cc(Br)ccc12. The van der Waals surface area contributed by atoms with Crippen molar-refractivity contribution in [2.75, 3.05) is 6.61 Å². The molecule has 1 fully saturated rings. The number of H-pyrrole nitrogens is 1. The number of fused-ring (bicyclic) bond motifs is 2. The maximum atomic E-state index is 11.2. The van der Waals surface area contributed by atoms with Crippen molar-refractivity contribution in [3.63, 3.8) is 0 Å². The van der Waals surface area contributed by atoms with Gasteiger partial charge in [0.2, 0.25) is 12.2 Å². The summed E-state index contributed by atoms with van der Waals surface area (Å²) in [5.74, 6) is 0.597. The van der Waals surface area contributed by atoms with Gasteiger partial charge < -0.3 is 14.5 Å². The Morgan fingerprint density at radius 1 is 0.967 bits per heavy atom. The molecule has 1 aliphatic heterocycles. The van der Waals surface area contributed by atoms with Crippen molar-refractivity contribution >= 4 is 53.7 Å². The Hall–Kier alpha value is -2.36. The molecule has 30 heavy (non-hydrogen) atoms. The summed E-state index contributed by atoms with van der Waals surface area (Å²) in [6.07, 6.45) is 5.91. The van der Waals surface area contributed by atoms with Crippen LogP contribution in [-0.2, 0) is 4.74 Å². The van der Waals surface area contributed by atoms with Crippen molar-refractivity contribution in [2.45, 2.75) is 25.6 Å². The lowest BCUT2D eigenvalue weighted by atomic mass is 10.2. The van der Waals surface area contributed by atoms with Crippen LogP contribution < -0.4 is 10.3 Å². The van der Waals surface area contributed by atoms with Gasteiger partial charge in [-0.15, -0.1) is 0 Å². The third-order valence-corrected chi connectivity index (χ3v) is 5.53. The molecule has 2 aromatic carbocycles. The normalized spacial score (nSPS) is 16.1. The number of benzene rings is 2. The number of hydrogen-bond donors (Lipinski definition) is 1. The Labute approximate surface area is 189 Å². The first-order chi connectivity index (χ1) is 14.6. The van der Waals surface area contributed by atoms with E-state index in [0.717, 1.165) is 45.7 Å². The highest BCUT2D eigenvalue weighted by Gasteiger charge is 2.17. The van der Waals surface area contributed by atoms with Gasteiger partial charge in [0.25, 0.3) is 5.56 Å². The Bertz CT molecular complexity index is 1230. The summed E-state index contributed by atoms with van der Waals surface area (Å²) in [6.45, 7) is 0.763. The third-order valence-electron chi connectivity index (χ3n) is 4.55. The minimum atomic E-state index is -0.180.